The van der Waals surface area contributed by atoms with Gasteiger partial charge >= 0.3 is 0 Å². The van der Waals surface area contributed by atoms with Crippen molar-refractivity contribution in [2.45, 2.75) is 38.2 Å². The number of aliphatic hydroxyl groups is 3. The maximum Gasteiger partial charge on any atom is 0.248 e. The molecule has 1 aliphatic heterocycles. The molecule has 1 aliphatic carbocycles. The van der Waals surface area contributed by atoms with E-state index >= 15 is 0 Å². The standard InChI is InChI=1S/C27H40IN3O9/c1-3-38-17-24(34)31(6-5-30-7-10-39-11-8-30)21-14-19(27(36)29-4-9-32)15-22(25(21)35)40-26-20(28)12-18(16-33)13-23(26)37-2/h12-13,15,21-22,25,32-33,35H,3-11,14,16-17H2,1-2H3,(H,29,36). The molecule has 0 radical (unpaired) electrons. The number of nitrogens with one attached hydrogen (secondary N) is 1. The summed E-state index contributed by atoms with van der Waals surface area (Å²) in [4.78, 5) is 30.2. The number of amides is 2. The smallest absolute Gasteiger partial charge is 0.248 e. The fourth-order valence-electron chi connectivity index (χ4n) is 4.72. The molecule has 0 aromatic heterocycles. The van der Waals surface area contributed by atoms with Crippen LogP contribution in [0.3, 0.4) is 0 Å². The third-order valence-electron chi connectivity index (χ3n) is 6.85. The highest BCUT2D eigenvalue weighted by Gasteiger charge is 2.41. The fraction of sp³-hybridized carbons (Fsp3) is 0.630. The van der Waals surface area contributed by atoms with Crippen molar-refractivity contribution in [2.24, 2.45) is 0 Å². The van der Waals surface area contributed by atoms with Gasteiger partial charge in [-0.1, -0.05) is 0 Å². The Morgan fingerprint density at radius 3 is 2.65 bits per heavy atom. The van der Waals surface area contributed by atoms with Gasteiger partial charge in [0, 0.05) is 51.3 Å². The molecule has 224 valence electrons. The van der Waals surface area contributed by atoms with Gasteiger partial charge in [-0.3, -0.25) is 14.5 Å². The summed E-state index contributed by atoms with van der Waals surface area (Å²) in [6.45, 7) is 5.25. The summed E-state index contributed by atoms with van der Waals surface area (Å²) in [5.41, 5.74) is 0.960. The molecule has 1 heterocycles. The Morgan fingerprint density at radius 1 is 1.25 bits per heavy atom. The maximum absolute atomic E-state index is 13.4. The molecule has 2 aliphatic rings. The molecule has 12 nitrogen and oxygen atoms in total. The third kappa shape index (κ3) is 8.74. The van der Waals surface area contributed by atoms with Crippen molar-refractivity contribution in [3.8, 4) is 11.5 Å². The Balaban J connectivity index is 1.94. The summed E-state index contributed by atoms with van der Waals surface area (Å²) in [6, 6.07) is 2.60. The first-order valence-corrected chi connectivity index (χ1v) is 14.5. The number of halogens is 1. The third-order valence-corrected chi connectivity index (χ3v) is 7.65. The minimum atomic E-state index is -1.18. The van der Waals surface area contributed by atoms with Crippen LogP contribution in [0.15, 0.2) is 23.8 Å². The zero-order valence-electron chi connectivity index (χ0n) is 23.0. The Bertz CT molecular complexity index is 1020. The topological polar surface area (TPSA) is 150 Å². The Hall–Kier alpha value is -2.01. The lowest BCUT2D eigenvalue weighted by molar-refractivity contribution is -0.143. The first-order chi connectivity index (χ1) is 19.3. The van der Waals surface area contributed by atoms with E-state index in [0.717, 1.165) is 13.1 Å². The second-order valence-corrected chi connectivity index (χ2v) is 10.6. The van der Waals surface area contributed by atoms with Crippen molar-refractivity contribution >= 4 is 34.4 Å². The number of rotatable bonds is 14. The Morgan fingerprint density at radius 2 is 2.00 bits per heavy atom. The number of hydrogen-bond acceptors (Lipinski definition) is 10. The summed E-state index contributed by atoms with van der Waals surface area (Å²) < 4.78 is 23.3. The molecule has 3 atom stereocenters. The second-order valence-electron chi connectivity index (χ2n) is 9.46. The number of hydrogen-bond donors (Lipinski definition) is 4. The van der Waals surface area contributed by atoms with Crippen LogP contribution < -0.4 is 14.8 Å². The quantitative estimate of drug-likeness (QED) is 0.197. The van der Waals surface area contributed by atoms with E-state index < -0.39 is 24.2 Å². The van der Waals surface area contributed by atoms with Crippen molar-refractivity contribution in [3.05, 3.63) is 32.9 Å². The van der Waals surface area contributed by atoms with Crippen LogP contribution in [0.25, 0.3) is 0 Å². The summed E-state index contributed by atoms with van der Waals surface area (Å²) in [6.07, 6.45) is -0.530. The monoisotopic (exact) mass is 677 g/mol. The van der Waals surface area contributed by atoms with E-state index in [1.54, 1.807) is 30.0 Å². The number of aliphatic hydroxyl groups excluding tert-OH is 3. The van der Waals surface area contributed by atoms with Crippen LogP contribution in [-0.2, 0) is 25.7 Å². The highest BCUT2D eigenvalue weighted by atomic mass is 127. The van der Waals surface area contributed by atoms with E-state index in [-0.39, 0.29) is 38.7 Å². The van der Waals surface area contributed by atoms with Crippen molar-refractivity contribution < 1.29 is 43.9 Å². The number of morpholine rings is 1. The van der Waals surface area contributed by atoms with Crippen molar-refractivity contribution in [3.63, 3.8) is 0 Å². The first-order valence-electron chi connectivity index (χ1n) is 13.4. The minimum absolute atomic E-state index is 0.0628. The zero-order valence-corrected chi connectivity index (χ0v) is 25.2. The number of methoxy groups -OCH3 is 1. The van der Waals surface area contributed by atoms with Crippen LogP contribution in [0.5, 0.6) is 11.5 Å². The van der Waals surface area contributed by atoms with Gasteiger partial charge in [0.1, 0.15) is 18.8 Å². The molecule has 0 spiro atoms. The van der Waals surface area contributed by atoms with Gasteiger partial charge < -0.3 is 44.5 Å². The SMILES string of the molecule is CCOCC(=O)N(CCN1CCOCC1)C1CC(C(=O)NCCO)=CC(Oc2c(I)cc(CO)cc2OC)C1O. The molecule has 2 amide bonds. The predicted octanol–water partition coefficient (Wildman–Crippen LogP) is -0.0951. The molecule has 3 unspecified atom stereocenters. The van der Waals surface area contributed by atoms with Crippen LogP contribution in [0.2, 0.25) is 0 Å². The molecule has 0 bridgehead atoms. The van der Waals surface area contributed by atoms with Crippen LogP contribution in [0.1, 0.15) is 18.9 Å². The van der Waals surface area contributed by atoms with Crippen LogP contribution >= 0.6 is 22.6 Å². The lowest BCUT2D eigenvalue weighted by Gasteiger charge is -2.41. The Kier molecular flexibility index (Phi) is 13.4. The molecule has 1 aromatic rings. The molecule has 0 saturated carbocycles. The van der Waals surface area contributed by atoms with Crippen LogP contribution in [-0.4, -0.2) is 128 Å². The molecule has 40 heavy (non-hydrogen) atoms. The van der Waals surface area contributed by atoms with Gasteiger partial charge in [0.05, 0.1) is 43.1 Å². The van der Waals surface area contributed by atoms with Gasteiger partial charge in [0.15, 0.2) is 11.5 Å². The number of nitrogens with zero attached hydrogens (tertiary/aromatic N) is 2. The van der Waals surface area contributed by atoms with Gasteiger partial charge in [0.25, 0.3) is 0 Å². The average Bonchev–Trinajstić information content (AvgIpc) is 2.97. The Labute approximate surface area is 248 Å². The van der Waals surface area contributed by atoms with Crippen molar-refractivity contribution in [1.82, 2.24) is 15.1 Å². The van der Waals surface area contributed by atoms with E-state index in [1.165, 1.54) is 7.11 Å². The minimum Gasteiger partial charge on any atom is -0.493 e. The number of benzene rings is 1. The largest absolute Gasteiger partial charge is 0.493 e. The van der Waals surface area contributed by atoms with E-state index in [0.29, 0.717) is 59.1 Å². The van der Waals surface area contributed by atoms with Crippen LogP contribution in [0, 0.1) is 3.57 Å². The highest BCUT2D eigenvalue weighted by molar-refractivity contribution is 14.1. The molecule has 1 saturated heterocycles. The van der Waals surface area contributed by atoms with Crippen molar-refractivity contribution in [2.75, 3.05) is 72.9 Å². The van der Waals surface area contributed by atoms with Crippen molar-refractivity contribution in [1.29, 1.82) is 0 Å². The van der Waals surface area contributed by atoms with E-state index in [1.807, 2.05) is 0 Å². The molecule has 4 N–H and O–H groups in total. The summed E-state index contributed by atoms with van der Waals surface area (Å²) in [7, 11) is 1.48. The van der Waals surface area contributed by atoms with E-state index in [9.17, 15) is 24.9 Å². The van der Waals surface area contributed by atoms with Gasteiger partial charge in [-0.25, -0.2) is 0 Å². The molecule has 1 fully saturated rings. The first kappa shape index (κ1) is 32.5. The fourth-order valence-corrected chi connectivity index (χ4v) is 5.51. The molecular weight excluding hydrogens is 637 g/mol. The van der Waals surface area contributed by atoms with Gasteiger partial charge in [-0.05, 0) is 53.3 Å². The summed E-state index contributed by atoms with van der Waals surface area (Å²) in [5.74, 6) is -0.00459. The van der Waals surface area contributed by atoms with Gasteiger partial charge in [-0.15, -0.1) is 0 Å². The summed E-state index contributed by atoms with van der Waals surface area (Å²) in [5, 5.41) is 33.1. The number of ether oxygens (including phenoxy) is 4. The predicted molar refractivity (Wildman–Crippen MR) is 154 cm³/mol. The molecule has 1 aromatic carbocycles. The van der Waals surface area contributed by atoms with E-state index in [4.69, 9.17) is 18.9 Å². The molecule has 3 rings (SSSR count). The highest BCUT2D eigenvalue weighted by Crippen LogP contribution is 2.37. The molecular formula is C27H40IN3O9. The van der Waals surface area contributed by atoms with Crippen LogP contribution in [0.4, 0.5) is 0 Å². The number of carbonyl (C=O) groups is 2. The number of carbonyl (C=O) groups excluding carboxylic acids is 2. The van der Waals surface area contributed by atoms with E-state index in [2.05, 4.69) is 32.8 Å². The maximum atomic E-state index is 13.4. The second kappa shape index (κ2) is 16.4. The molecule has 13 heteroatoms. The lowest BCUT2D eigenvalue weighted by Crippen LogP contribution is -2.57. The lowest BCUT2D eigenvalue weighted by atomic mass is 9.88. The average molecular weight is 678 g/mol. The van der Waals surface area contributed by atoms with Gasteiger partial charge in [-0.2, -0.15) is 0 Å². The zero-order chi connectivity index (χ0) is 29.1. The summed E-state index contributed by atoms with van der Waals surface area (Å²) >= 11 is 2.06. The van der Waals surface area contributed by atoms with Gasteiger partial charge in [0.2, 0.25) is 11.8 Å². The normalized spacial score (nSPS) is 21.4.